The molecule has 0 atom stereocenters. The van der Waals surface area contributed by atoms with E-state index in [1.807, 2.05) is 6.07 Å². The van der Waals surface area contributed by atoms with Gasteiger partial charge < -0.3 is 21.7 Å². The predicted molar refractivity (Wildman–Crippen MR) is 106 cm³/mol. The highest BCUT2D eigenvalue weighted by molar-refractivity contribution is 6.00. The van der Waals surface area contributed by atoms with E-state index in [1.165, 1.54) is 37.7 Å². The van der Waals surface area contributed by atoms with Crippen LogP contribution < -0.4 is 21.7 Å². The van der Waals surface area contributed by atoms with Gasteiger partial charge in [-0.25, -0.2) is 0 Å². The molecular formula is C20H34N4O. The fourth-order valence-electron chi connectivity index (χ4n) is 3.44. The summed E-state index contributed by atoms with van der Waals surface area (Å²) in [7, 11) is 0. The molecule has 0 radical (unpaired) electrons. The minimum absolute atomic E-state index is 0.0625. The summed E-state index contributed by atoms with van der Waals surface area (Å²) in [5.74, 6) is -0.0625. The summed E-state index contributed by atoms with van der Waals surface area (Å²) in [5, 5.41) is 10.0. The standard InChI is InChI=1S/C20H34N4O/c1-4-15-12-17(20(25)22-11-10-21)19(23-14(2)3)13-18(15)24-16-8-6-5-7-9-16/h12-14,16,23-24H,4-11,21H2,1-3H3,(H,22,25). The number of nitrogens with one attached hydrogen (secondary N) is 3. The maximum absolute atomic E-state index is 12.5. The molecule has 2 rings (SSSR count). The Morgan fingerprint density at radius 3 is 2.52 bits per heavy atom. The Balaban J connectivity index is 2.30. The lowest BCUT2D eigenvalue weighted by molar-refractivity contribution is 0.0955. The molecule has 1 aliphatic rings. The van der Waals surface area contributed by atoms with Crippen LogP contribution in [-0.4, -0.2) is 31.1 Å². The van der Waals surface area contributed by atoms with Crippen molar-refractivity contribution in [3.05, 3.63) is 23.3 Å². The molecule has 1 amide bonds. The maximum atomic E-state index is 12.5. The van der Waals surface area contributed by atoms with Crippen molar-refractivity contribution in [2.75, 3.05) is 23.7 Å². The summed E-state index contributed by atoms with van der Waals surface area (Å²) in [5.41, 5.74) is 9.46. The highest BCUT2D eigenvalue weighted by Crippen LogP contribution is 2.30. The van der Waals surface area contributed by atoms with Gasteiger partial charge in [-0.05, 0) is 50.8 Å². The minimum atomic E-state index is -0.0625. The Labute approximate surface area is 152 Å². The molecule has 1 aromatic carbocycles. The number of amides is 1. The Morgan fingerprint density at radius 2 is 1.92 bits per heavy atom. The van der Waals surface area contributed by atoms with Crippen LogP contribution in [0.1, 0.15) is 68.8 Å². The summed E-state index contributed by atoms with van der Waals surface area (Å²) < 4.78 is 0. The van der Waals surface area contributed by atoms with Gasteiger partial charge >= 0.3 is 0 Å². The van der Waals surface area contributed by atoms with Crippen LogP contribution in [0.2, 0.25) is 0 Å². The zero-order valence-electron chi connectivity index (χ0n) is 16.0. The Bertz CT molecular complexity index is 565. The van der Waals surface area contributed by atoms with Crippen molar-refractivity contribution >= 4 is 17.3 Å². The first-order valence-corrected chi connectivity index (χ1v) is 9.73. The molecule has 1 fully saturated rings. The molecule has 5 nitrogen and oxygen atoms in total. The second kappa shape index (κ2) is 9.66. The number of hydrogen-bond acceptors (Lipinski definition) is 4. The van der Waals surface area contributed by atoms with Gasteiger partial charge in [0, 0.05) is 36.5 Å². The van der Waals surface area contributed by atoms with Crippen LogP contribution in [0.15, 0.2) is 12.1 Å². The number of aryl methyl sites for hydroxylation is 1. The van der Waals surface area contributed by atoms with E-state index in [1.54, 1.807) is 0 Å². The van der Waals surface area contributed by atoms with E-state index < -0.39 is 0 Å². The van der Waals surface area contributed by atoms with E-state index >= 15 is 0 Å². The molecule has 1 saturated carbocycles. The molecule has 0 bridgehead atoms. The quantitative estimate of drug-likeness (QED) is 0.581. The lowest BCUT2D eigenvalue weighted by Gasteiger charge is -2.26. The van der Waals surface area contributed by atoms with E-state index in [0.717, 1.165) is 17.8 Å². The first kappa shape index (κ1) is 19.6. The number of anilines is 2. The van der Waals surface area contributed by atoms with Crippen molar-refractivity contribution in [3.63, 3.8) is 0 Å². The molecule has 0 aromatic heterocycles. The predicted octanol–water partition coefficient (Wildman–Crippen LogP) is 3.50. The molecule has 0 spiro atoms. The number of nitrogens with two attached hydrogens (primary N) is 1. The molecule has 0 aliphatic heterocycles. The van der Waals surface area contributed by atoms with Crippen LogP contribution in [0, 0.1) is 0 Å². The lowest BCUT2D eigenvalue weighted by atomic mass is 9.94. The number of rotatable bonds is 8. The molecule has 5 N–H and O–H groups in total. The Hall–Kier alpha value is -1.75. The first-order chi connectivity index (χ1) is 12.0. The van der Waals surface area contributed by atoms with Crippen LogP contribution in [0.5, 0.6) is 0 Å². The first-order valence-electron chi connectivity index (χ1n) is 9.73. The van der Waals surface area contributed by atoms with Crippen molar-refractivity contribution in [1.82, 2.24) is 5.32 Å². The van der Waals surface area contributed by atoms with E-state index in [2.05, 4.69) is 42.8 Å². The Kier molecular flexibility index (Phi) is 7.56. The largest absolute Gasteiger partial charge is 0.382 e. The van der Waals surface area contributed by atoms with Gasteiger partial charge in [0.05, 0.1) is 5.56 Å². The smallest absolute Gasteiger partial charge is 0.253 e. The van der Waals surface area contributed by atoms with E-state index in [4.69, 9.17) is 5.73 Å². The third-order valence-corrected chi connectivity index (χ3v) is 4.71. The summed E-state index contributed by atoms with van der Waals surface area (Å²) in [6.45, 7) is 7.25. The highest BCUT2D eigenvalue weighted by Gasteiger charge is 2.19. The molecular weight excluding hydrogens is 312 g/mol. The lowest BCUT2D eigenvalue weighted by Crippen LogP contribution is -2.30. The average molecular weight is 347 g/mol. The van der Waals surface area contributed by atoms with Gasteiger partial charge in [0.2, 0.25) is 0 Å². The second-order valence-corrected chi connectivity index (χ2v) is 7.23. The SMILES string of the molecule is CCc1cc(C(=O)NCCN)c(NC(C)C)cc1NC1CCCCC1. The monoisotopic (exact) mass is 346 g/mol. The van der Waals surface area contributed by atoms with Crippen LogP contribution in [0.25, 0.3) is 0 Å². The minimum Gasteiger partial charge on any atom is -0.382 e. The van der Waals surface area contributed by atoms with Gasteiger partial charge in [-0.3, -0.25) is 4.79 Å². The highest BCUT2D eigenvalue weighted by atomic mass is 16.1. The van der Waals surface area contributed by atoms with Crippen LogP contribution in [0.3, 0.4) is 0 Å². The van der Waals surface area contributed by atoms with Crippen molar-refractivity contribution < 1.29 is 4.79 Å². The van der Waals surface area contributed by atoms with Crippen LogP contribution in [-0.2, 0) is 6.42 Å². The van der Waals surface area contributed by atoms with Gasteiger partial charge in [0.15, 0.2) is 0 Å². The Morgan fingerprint density at radius 1 is 1.20 bits per heavy atom. The number of carbonyl (C=O) groups excluding carboxylic acids is 1. The summed E-state index contributed by atoms with van der Waals surface area (Å²) in [6.07, 6.45) is 7.31. The fourth-order valence-corrected chi connectivity index (χ4v) is 3.44. The maximum Gasteiger partial charge on any atom is 0.253 e. The van der Waals surface area contributed by atoms with Crippen LogP contribution in [0.4, 0.5) is 11.4 Å². The van der Waals surface area contributed by atoms with Crippen molar-refractivity contribution in [3.8, 4) is 0 Å². The van der Waals surface area contributed by atoms with Crippen LogP contribution >= 0.6 is 0 Å². The molecule has 0 unspecified atom stereocenters. The number of carbonyl (C=O) groups is 1. The zero-order chi connectivity index (χ0) is 18.2. The molecule has 1 aromatic rings. The molecule has 0 saturated heterocycles. The molecule has 5 heteroatoms. The van der Waals surface area contributed by atoms with Crippen molar-refractivity contribution in [2.24, 2.45) is 5.73 Å². The summed E-state index contributed by atoms with van der Waals surface area (Å²) in [4.78, 5) is 12.5. The zero-order valence-corrected chi connectivity index (χ0v) is 16.0. The van der Waals surface area contributed by atoms with Crippen molar-refractivity contribution in [1.29, 1.82) is 0 Å². The molecule has 0 heterocycles. The third-order valence-electron chi connectivity index (χ3n) is 4.71. The summed E-state index contributed by atoms with van der Waals surface area (Å²) >= 11 is 0. The average Bonchev–Trinajstić information content (AvgIpc) is 2.60. The number of hydrogen-bond donors (Lipinski definition) is 4. The molecule has 1 aliphatic carbocycles. The normalized spacial score (nSPS) is 15.2. The van der Waals surface area contributed by atoms with Crippen molar-refractivity contribution in [2.45, 2.75) is 71.4 Å². The van der Waals surface area contributed by atoms with E-state index in [0.29, 0.717) is 24.7 Å². The fraction of sp³-hybridized carbons (Fsp3) is 0.650. The van der Waals surface area contributed by atoms with Gasteiger partial charge in [0.1, 0.15) is 0 Å². The van der Waals surface area contributed by atoms with E-state index in [9.17, 15) is 4.79 Å². The van der Waals surface area contributed by atoms with E-state index in [-0.39, 0.29) is 11.9 Å². The van der Waals surface area contributed by atoms with Gasteiger partial charge in [-0.15, -0.1) is 0 Å². The molecule has 140 valence electrons. The molecule has 25 heavy (non-hydrogen) atoms. The van der Waals surface area contributed by atoms with Gasteiger partial charge in [-0.1, -0.05) is 26.2 Å². The topological polar surface area (TPSA) is 79.2 Å². The summed E-state index contributed by atoms with van der Waals surface area (Å²) in [6, 6.07) is 4.95. The van der Waals surface area contributed by atoms with Gasteiger partial charge in [0.25, 0.3) is 5.91 Å². The number of benzene rings is 1. The van der Waals surface area contributed by atoms with Gasteiger partial charge in [-0.2, -0.15) is 0 Å². The second-order valence-electron chi connectivity index (χ2n) is 7.23. The third kappa shape index (κ3) is 5.63.